The summed E-state index contributed by atoms with van der Waals surface area (Å²) in [7, 11) is 0. The third-order valence-corrected chi connectivity index (χ3v) is 5.94. The predicted molar refractivity (Wildman–Crippen MR) is 79.8 cm³/mol. The monoisotopic (exact) mass is 293 g/mol. The Labute approximate surface area is 126 Å². The summed E-state index contributed by atoms with van der Waals surface area (Å²) in [5.41, 5.74) is 0. The van der Waals surface area contributed by atoms with Crippen LogP contribution in [0, 0.1) is 17.8 Å². The van der Waals surface area contributed by atoms with E-state index in [2.05, 4.69) is 0 Å². The molecule has 4 nitrogen and oxygen atoms in total. The molecule has 1 saturated heterocycles. The van der Waals surface area contributed by atoms with E-state index in [0.717, 1.165) is 38.0 Å². The number of carbonyl (C=O) groups is 2. The highest BCUT2D eigenvalue weighted by atomic mass is 16.4. The number of fused-ring (bicyclic) bond motifs is 1. The average Bonchev–Trinajstić information content (AvgIpc) is 3.13. The zero-order valence-electron chi connectivity index (χ0n) is 12.8. The van der Waals surface area contributed by atoms with E-state index < -0.39 is 12.0 Å². The number of likely N-dealkylation sites (tertiary alicyclic amines) is 1. The first-order chi connectivity index (χ1) is 10.2. The summed E-state index contributed by atoms with van der Waals surface area (Å²) in [6.45, 7) is 0.684. The molecule has 2 saturated carbocycles. The van der Waals surface area contributed by atoms with E-state index in [0.29, 0.717) is 18.9 Å². The van der Waals surface area contributed by atoms with E-state index >= 15 is 0 Å². The molecule has 4 heteroatoms. The maximum atomic E-state index is 12.4. The molecule has 0 aromatic rings. The molecule has 3 fully saturated rings. The van der Waals surface area contributed by atoms with Crippen LogP contribution in [0.25, 0.3) is 0 Å². The fourth-order valence-electron chi connectivity index (χ4n) is 4.86. The molecule has 1 aliphatic heterocycles. The zero-order chi connectivity index (χ0) is 14.8. The Kier molecular flexibility index (Phi) is 4.51. The van der Waals surface area contributed by atoms with Crippen molar-refractivity contribution in [1.82, 2.24) is 4.90 Å². The standard InChI is InChI=1S/C17H27NO3/c19-15(10-3-7-12-5-1-2-6-12)18-11-13-8-4-9-14(13)16(18)17(20)21/h12-14,16H,1-11H2,(H,20,21). The molecule has 0 bridgehead atoms. The maximum Gasteiger partial charge on any atom is 0.326 e. The minimum Gasteiger partial charge on any atom is -0.480 e. The quantitative estimate of drug-likeness (QED) is 0.847. The summed E-state index contributed by atoms with van der Waals surface area (Å²) in [4.78, 5) is 25.7. The van der Waals surface area contributed by atoms with Crippen LogP contribution in [0.3, 0.4) is 0 Å². The van der Waals surface area contributed by atoms with Gasteiger partial charge in [-0.1, -0.05) is 32.1 Å². The van der Waals surface area contributed by atoms with Gasteiger partial charge in [0.2, 0.25) is 5.91 Å². The van der Waals surface area contributed by atoms with Crippen molar-refractivity contribution in [1.29, 1.82) is 0 Å². The molecule has 118 valence electrons. The Morgan fingerprint density at radius 1 is 1.05 bits per heavy atom. The molecule has 0 spiro atoms. The molecule has 3 atom stereocenters. The van der Waals surface area contributed by atoms with Crippen molar-refractivity contribution in [3.63, 3.8) is 0 Å². The van der Waals surface area contributed by atoms with Crippen LogP contribution in [0.1, 0.15) is 64.2 Å². The van der Waals surface area contributed by atoms with Gasteiger partial charge in [-0.2, -0.15) is 0 Å². The predicted octanol–water partition coefficient (Wildman–Crippen LogP) is 3.06. The molecule has 1 heterocycles. The number of nitrogens with zero attached hydrogens (tertiary/aromatic N) is 1. The molecule has 3 unspecified atom stereocenters. The highest BCUT2D eigenvalue weighted by Crippen LogP contribution is 2.42. The normalized spacial score (nSPS) is 32.6. The van der Waals surface area contributed by atoms with Gasteiger partial charge in [-0.25, -0.2) is 4.79 Å². The van der Waals surface area contributed by atoms with E-state index in [9.17, 15) is 14.7 Å². The summed E-state index contributed by atoms with van der Waals surface area (Å²) in [6.07, 6.45) is 11.1. The number of carbonyl (C=O) groups excluding carboxylic acids is 1. The van der Waals surface area contributed by atoms with Crippen LogP contribution >= 0.6 is 0 Å². The Morgan fingerprint density at radius 2 is 1.81 bits per heavy atom. The molecule has 3 rings (SSSR count). The summed E-state index contributed by atoms with van der Waals surface area (Å²) < 4.78 is 0. The van der Waals surface area contributed by atoms with Crippen LogP contribution < -0.4 is 0 Å². The fraction of sp³-hybridized carbons (Fsp3) is 0.882. The molecular formula is C17H27NO3. The second-order valence-corrected chi connectivity index (χ2v) is 7.23. The Morgan fingerprint density at radius 3 is 2.52 bits per heavy atom. The van der Waals surface area contributed by atoms with Gasteiger partial charge >= 0.3 is 5.97 Å². The topological polar surface area (TPSA) is 57.6 Å². The molecular weight excluding hydrogens is 266 g/mol. The first-order valence-corrected chi connectivity index (χ1v) is 8.69. The molecule has 0 aromatic heterocycles. The van der Waals surface area contributed by atoms with Crippen molar-refractivity contribution in [3.05, 3.63) is 0 Å². The smallest absolute Gasteiger partial charge is 0.326 e. The van der Waals surface area contributed by atoms with Gasteiger partial charge in [0.05, 0.1) is 0 Å². The molecule has 1 N–H and O–H groups in total. The highest BCUT2D eigenvalue weighted by Gasteiger charge is 2.49. The minimum atomic E-state index is -0.798. The van der Waals surface area contributed by atoms with E-state index in [1.54, 1.807) is 4.90 Å². The molecule has 0 radical (unpaired) electrons. The fourth-order valence-corrected chi connectivity index (χ4v) is 4.86. The summed E-state index contributed by atoms with van der Waals surface area (Å²) in [5.74, 6) is 0.737. The van der Waals surface area contributed by atoms with Gasteiger partial charge in [-0.3, -0.25) is 4.79 Å². The second kappa shape index (κ2) is 6.37. The number of aliphatic carboxylic acids is 1. The van der Waals surface area contributed by atoms with E-state index in [4.69, 9.17) is 0 Å². The van der Waals surface area contributed by atoms with Gasteiger partial charge < -0.3 is 10.0 Å². The molecule has 3 aliphatic rings. The number of hydrogen-bond donors (Lipinski definition) is 1. The van der Waals surface area contributed by atoms with Crippen molar-refractivity contribution in [2.24, 2.45) is 17.8 Å². The minimum absolute atomic E-state index is 0.0785. The largest absolute Gasteiger partial charge is 0.480 e. The lowest BCUT2D eigenvalue weighted by atomic mass is 9.94. The summed E-state index contributed by atoms with van der Waals surface area (Å²) >= 11 is 0. The zero-order valence-corrected chi connectivity index (χ0v) is 12.8. The van der Waals surface area contributed by atoms with Crippen molar-refractivity contribution in [3.8, 4) is 0 Å². The van der Waals surface area contributed by atoms with Crippen LogP contribution in [0.15, 0.2) is 0 Å². The molecule has 0 aromatic carbocycles. The van der Waals surface area contributed by atoms with Crippen LogP contribution in [-0.2, 0) is 9.59 Å². The number of carboxylic acid groups (broad SMARTS) is 1. The molecule has 2 aliphatic carbocycles. The Hall–Kier alpha value is -1.06. The summed E-state index contributed by atoms with van der Waals surface area (Å²) in [6, 6.07) is -0.545. The van der Waals surface area contributed by atoms with Crippen LogP contribution in [0.4, 0.5) is 0 Å². The van der Waals surface area contributed by atoms with Gasteiger partial charge in [-0.05, 0) is 43.4 Å². The third-order valence-electron chi connectivity index (χ3n) is 5.94. The SMILES string of the molecule is O=C(O)C1C2CCCC2CN1C(=O)CCCC1CCCC1. The first kappa shape index (κ1) is 14.9. The highest BCUT2D eigenvalue weighted by molar-refractivity contribution is 5.84. The number of amides is 1. The van der Waals surface area contributed by atoms with Gasteiger partial charge in [0.1, 0.15) is 6.04 Å². The van der Waals surface area contributed by atoms with Crippen molar-refractivity contribution >= 4 is 11.9 Å². The second-order valence-electron chi connectivity index (χ2n) is 7.23. The average molecular weight is 293 g/mol. The third kappa shape index (κ3) is 3.09. The van der Waals surface area contributed by atoms with Gasteiger partial charge in [0, 0.05) is 13.0 Å². The molecule has 1 amide bonds. The van der Waals surface area contributed by atoms with Crippen LogP contribution in [-0.4, -0.2) is 34.5 Å². The van der Waals surface area contributed by atoms with Gasteiger partial charge in [0.25, 0.3) is 0 Å². The van der Waals surface area contributed by atoms with Crippen LogP contribution in [0.5, 0.6) is 0 Å². The van der Waals surface area contributed by atoms with E-state index in [1.807, 2.05) is 0 Å². The van der Waals surface area contributed by atoms with Crippen molar-refractivity contribution in [2.45, 2.75) is 70.3 Å². The van der Waals surface area contributed by atoms with E-state index in [-0.39, 0.29) is 11.8 Å². The number of hydrogen-bond acceptors (Lipinski definition) is 2. The van der Waals surface area contributed by atoms with Crippen molar-refractivity contribution in [2.75, 3.05) is 6.54 Å². The lowest BCUT2D eigenvalue weighted by Gasteiger charge is -2.24. The first-order valence-electron chi connectivity index (χ1n) is 8.69. The van der Waals surface area contributed by atoms with Gasteiger partial charge in [-0.15, -0.1) is 0 Å². The lowest BCUT2D eigenvalue weighted by Crippen LogP contribution is -2.43. The van der Waals surface area contributed by atoms with Crippen molar-refractivity contribution < 1.29 is 14.7 Å². The van der Waals surface area contributed by atoms with Gasteiger partial charge in [0.15, 0.2) is 0 Å². The maximum absolute atomic E-state index is 12.4. The Bertz CT molecular complexity index is 403. The number of rotatable bonds is 5. The van der Waals surface area contributed by atoms with Crippen LogP contribution in [0.2, 0.25) is 0 Å². The summed E-state index contributed by atoms with van der Waals surface area (Å²) in [5, 5.41) is 9.48. The van der Waals surface area contributed by atoms with E-state index in [1.165, 1.54) is 25.7 Å². The molecule has 21 heavy (non-hydrogen) atoms. The number of carboxylic acids is 1. The Balaban J connectivity index is 1.52. The lowest BCUT2D eigenvalue weighted by molar-refractivity contribution is -0.149.